The van der Waals surface area contributed by atoms with Gasteiger partial charge in [-0.2, -0.15) is 11.8 Å². The average molecular weight is 280 g/mol. The van der Waals surface area contributed by atoms with Gasteiger partial charge in [0.25, 0.3) is 0 Å². The largest absolute Gasteiger partial charge is 0.383 e. The lowest BCUT2D eigenvalue weighted by Crippen LogP contribution is -2.00. The summed E-state index contributed by atoms with van der Waals surface area (Å²) >= 11 is 3.53. The Kier molecular flexibility index (Phi) is 3.41. The van der Waals surface area contributed by atoms with Gasteiger partial charge >= 0.3 is 0 Å². The van der Waals surface area contributed by atoms with Gasteiger partial charge in [-0.1, -0.05) is 18.2 Å². The first kappa shape index (κ1) is 12.2. The van der Waals surface area contributed by atoms with Crippen molar-refractivity contribution in [3.63, 3.8) is 0 Å². The molecule has 3 rings (SSSR count). The van der Waals surface area contributed by atoms with Gasteiger partial charge in [0.1, 0.15) is 11.9 Å². The zero-order valence-corrected chi connectivity index (χ0v) is 11.4. The molecule has 0 radical (unpaired) electrons. The summed E-state index contributed by atoms with van der Waals surface area (Å²) in [6.45, 7) is 0. The van der Waals surface area contributed by atoms with Crippen LogP contribution in [-0.2, 0) is 12.2 Å². The molecular weight excluding hydrogens is 267 g/mol. The Balaban J connectivity index is 1.95. The van der Waals surface area contributed by atoms with Crippen molar-refractivity contribution in [1.82, 2.24) is 0 Å². The van der Waals surface area contributed by atoms with Crippen molar-refractivity contribution < 1.29 is 9.50 Å². The third-order valence-corrected chi connectivity index (χ3v) is 5.41. The lowest BCUT2D eigenvalue weighted by molar-refractivity contribution is 0.218. The van der Waals surface area contributed by atoms with E-state index in [0.29, 0.717) is 5.56 Å². The monoisotopic (exact) mass is 280 g/mol. The van der Waals surface area contributed by atoms with Gasteiger partial charge in [-0.3, -0.25) is 0 Å². The first-order valence-electron chi connectivity index (χ1n) is 5.87. The molecule has 1 aliphatic rings. The SMILES string of the molecule is OC(c1cc2c(s1)CCSC2)c1ccccc1F. The molecule has 1 aromatic heterocycles. The summed E-state index contributed by atoms with van der Waals surface area (Å²) in [4.78, 5) is 2.20. The smallest absolute Gasteiger partial charge is 0.129 e. The molecule has 18 heavy (non-hydrogen) atoms. The normalized spacial score (nSPS) is 16.3. The average Bonchev–Trinajstić information content (AvgIpc) is 2.82. The summed E-state index contributed by atoms with van der Waals surface area (Å²) in [5.41, 5.74) is 1.67. The number of halogens is 1. The molecule has 0 aliphatic carbocycles. The molecule has 0 spiro atoms. The number of rotatable bonds is 2. The molecular formula is C14H13FOS2. The van der Waals surface area contributed by atoms with E-state index in [-0.39, 0.29) is 5.82 Å². The molecule has 4 heteroatoms. The van der Waals surface area contributed by atoms with Gasteiger partial charge in [-0.05, 0) is 29.9 Å². The third kappa shape index (κ3) is 2.20. The summed E-state index contributed by atoms with van der Waals surface area (Å²) in [5.74, 6) is 1.81. The highest BCUT2D eigenvalue weighted by Crippen LogP contribution is 2.36. The zero-order chi connectivity index (χ0) is 12.5. The van der Waals surface area contributed by atoms with Crippen molar-refractivity contribution in [2.45, 2.75) is 18.3 Å². The Morgan fingerprint density at radius 1 is 1.28 bits per heavy atom. The highest BCUT2D eigenvalue weighted by molar-refractivity contribution is 7.98. The van der Waals surface area contributed by atoms with Crippen LogP contribution in [0.15, 0.2) is 30.3 Å². The van der Waals surface area contributed by atoms with Gasteiger partial charge in [-0.25, -0.2) is 4.39 Å². The maximum atomic E-state index is 13.6. The Bertz CT molecular complexity index is 541. The van der Waals surface area contributed by atoms with Crippen LogP contribution in [0.3, 0.4) is 0 Å². The maximum absolute atomic E-state index is 13.6. The van der Waals surface area contributed by atoms with Gasteiger partial charge < -0.3 is 5.11 Å². The number of benzene rings is 1. The van der Waals surface area contributed by atoms with Crippen LogP contribution in [-0.4, -0.2) is 10.9 Å². The second-order valence-electron chi connectivity index (χ2n) is 4.32. The number of hydrogen-bond donors (Lipinski definition) is 1. The molecule has 0 amide bonds. The molecule has 0 bridgehead atoms. The number of aliphatic hydroxyl groups excluding tert-OH is 1. The van der Waals surface area contributed by atoms with E-state index < -0.39 is 6.10 Å². The summed E-state index contributed by atoms with van der Waals surface area (Å²) < 4.78 is 13.6. The van der Waals surface area contributed by atoms with Crippen LogP contribution in [0.5, 0.6) is 0 Å². The van der Waals surface area contributed by atoms with Crippen molar-refractivity contribution >= 4 is 23.1 Å². The van der Waals surface area contributed by atoms with Gasteiger partial charge in [0.05, 0.1) is 0 Å². The van der Waals surface area contributed by atoms with Gasteiger partial charge in [-0.15, -0.1) is 11.3 Å². The number of fused-ring (bicyclic) bond motifs is 1. The van der Waals surface area contributed by atoms with E-state index in [1.807, 2.05) is 17.8 Å². The fraction of sp³-hybridized carbons (Fsp3) is 0.286. The van der Waals surface area contributed by atoms with E-state index in [4.69, 9.17) is 0 Å². The van der Waals surface area contributed by atoms with Crippen LogP contribution < -0.4 is 0 Å². The zero-order valence-electron chi connectivity index (χ0n) is 9.73. The number of hydrogen-bond acceptors (Lipinski definition) is 3. The van der Waals surface area contributed by atoms with Gasteiger partial charge in [0.15, 0.2) is 0 Å². The second kappa shape index (κ2) is 5.03. The molecule has 0 saturated heterocycles. The first-order valence-corrected chi connectivity index (χ1v) is 7.84. The fourth-order valence-electron chi connectivity index (χ4n) is 2.16. The summed E-state index contributed by atoms with van der Waals surface area (Å²) in [7, 11) is 0. The highest BCUT2D eigenvalue weighted by atomic mass is 32.2. The van der Waals surface area contributed by atoms with E-state index in [1.54, 1.807) is 29.5 Å². The lowest BCUT2D eigenvalue weighted by Gasteiger charge is -2.09. The summed E-state index contributed by atoms with van der Waals surface area (Å²) in [6, 6.07) is 8.46. The molecule has 2 heterocycles. The Labute approximate surface area is 114 Å². The molecule has 1 nitrogen and oxygen atoms in total. The van der Waals surface area contributed by atoms with Crippen molar-refractivity contribution in [1.29, 1.82) is 0 Å². The topological polar surface area (TPSA) is 20.2 Å². The summed E-state index contributed by atoms with van der Waals surface area (Å²) in [5, 5.41) is 10.3. The van der Waals surface area contributed by atoms with E-state index in [1.165, 1.54) is 16.5 Å². The van der Waals surface area contributed by atoms with Crippen LogP contribution in [0.4, 0.5) is 4.39 Å². The number of aryl methyl sites for hydroxylation is 1. The molecule has 0 fully saturated rings. The van der Waals surface area contributed by atoms with Crippen molar-refractivity contribution in [2.24, 2.45) is 0 Å². The van der Waals surface area contributed by atoms with Crippen molar-refractivity contribution in [3.05, 3.63) is 57.0 Å². The highest BCUT2D eigenvalue weighted by Gasteiger charge is 2.20. The standard InChI is InChI=1S/C14H13FOS2/c15-11-4-2-1-3-10(11)14(16)13-7-9-8-17-6-5-12(9)18-13/h1-4,7,14,16H,5-6,8H2. The molecule has 94 valence electrons. The van der Waals surface area contributed by atoms with Crippen molar-refractivity contribution in [2.75, 3.05) is 5.75 Å². The minimum atomic E-state index is -0.841. The van der Waals surface area contributed by atoms with Crippen LogP contribution in [0.1, 0.15) is 27.0 Å². The Morgan fingerprint density at radius 2 is 2.11 bits per heavy atom. The molecule has 1 N–H and O–H groups in total. The van der Waals surface area contributed by atoms with E-state index in [2.05, 4.69) is 0 Å². The minimum Gasteiger partial charge on any atom is -0.383 e. The van der Waals surface area contributed by atoms with E-state index in [9.17, 15) is 9.50 Å². The second-order valence-corrected chi connectivity index (χ2v) is 6.60. The molecule has 2 aromatic rings. The molecule has 0 saturated carbocycles. The van der Waals surface area contributed by atoms with Crippen LogP contribution in [0.2, 0.25) is 0 Å². The summed E-state index contributed by atoms with van der Waals surface area (Å²) in [6.07, 6.45) is 0.223. The Hall–Kier alpha value is -0.840. The van der Waals surface area contributed by atoms with Crippen LogP contribution in [0, 0.1) is 5.82 Å². The van der Waals surface area contributed by atoms with E-state index >= 15 is 0 Å². The lowest BCUT2D eigenvalue weighted by atomic mass is 10.1. The first-order chi connectivity index (χ1) is 8.75. The molecule has 1 atom stereocenters. The van der Waals surface area contributed by atoms with Gasteiger partial charge in [0.2, 0.25) is 0 Å². The van der Waals surface area contributed by atoms with E-state index in [0.717, 1.165) is 22.8 Å². The molecule has 1 aromatic carbocycles. The predicted molar refractivity (Wildman–Crippen MR) is 74.6 cm³/mol. The number of thiophene rings is 1. The molecule has 1 aliphatic heterocycles. The quantitative estimate of drug-likeness (QED) is 0.904. The number of thioether (sulfide) groups is 1. The fourth-order valence-corrected chi connectivity index (χ4v) is 4.54. The number of aliphatic hydroxyl groups is 1. The maximum Gasteiger partial charge on any atom is 0.129 e. The molecule has 1 unspecified atom stereocenters. The Morgan fingerprint density at radius 3 is 2.89 bits per heavy atom. The minimum absolute atomic E-state index is 0.342. The van der Waals surface area contributed by atoms with Crippen LogP contribution >= 0.6 is 23.1 Å². The third-order valence-electron chi connectivity index (χ3n) is 3.12. The van der Waals surface area contributed by atoms with Crippen LogP contribution in [0.25, 0.3) is 0 Å². The predicted octanol–water partition coefficient (Wildman–Crippen LogP) is 3.76. The van der Waals surface area contributed by atoms with Crippen molar-refractivity contribution in [3.8, 4) is 0 Å². The van der Waals surface area contributed by atoms with Gasteiger partial charge in [0, 0.05) is 21.1 Å².